The lowest BCUT2D eigenvalue weighted by atomic mass is 10.0. The fourth-order valence-electron chi connectivity index (χ4n) is 2.50. The number of fused-ring (bicyclic) bond motifs is 1. The van der Waals surface area contributed by atoms with Crippen molar-refractivity contribution < 1.29 is 9.90 Å². The summed E-state index contributed by atoms with van der Waals surface area (Å²) in [4.78, 5) is 26.5. The van der Waals surface area contributed by atoms with Crippen molar-refractivity contribution in [3.63, 3.8) is 0 Å². The molecule has 0 saturated carbocycles. The van der Waals surface area contributed by atoms with Crippen LogP contribution in [0.2, 0.25) is 0 Å². The Balaban J connectivity index is 2.30. The minimum Gasteiger partial charge on any atom is -0.477 e. The molecule has 0 bridgehead atoms. The van der Waals surface area contributed by atoms with Crippen molar-refractivity contribution in [3.05, 3.63) is 64.4 Å². The number of aromatic carboxylic acids is 1. The number of H-pyrrole nitrogens is 1. The van der Waals surface area contributed by atoms with Crippen molar-refractivity contribution in [2.45, 2.75) is 4.90 Å². The maximum Gasteiger partial charge on any atom is 0.342 e. The monoisotopic (exact) mass is 311 g/mol. The van der Waals surface area contributed by atoms with E-state index in [0.717, 1.165) is 16.3 Å². The molecule has 0 aliphatic heterocycles. The molecule has 2 aromatic carbocycles. The first-order valence-electron chi connectivity index (χ1n) is 6.64. The van der Waals surface area contributed by atoms with E-state index >= 15 is 0 Å². The normalized spacial score (nSPS) is 10.8. The molecule has 110 valence electrons. The van der Waals surface area contributed by atoms with Crippen LogP contribution >= 0.6 is 11.8 Å². The summed E-state index contributed by atoms with van der Waals surface area (Å²) < 4.78 is 0. The Hall–Kier alpha value is -2.53. The molecule has 0 amide bonds. The zero-order valence-corrected chi connectivity index (χ0v) is 12.6. The Morgan fingerprint density at radius 1 is 1.14 bits per heavy atom. The molecule has 4 nitrogen and oxygen atoms in total. The van der Waals surface area contributed by atoms with Gasteiger partial charge in [0.05, 0.1) is 5.69 Å². The van der Waals surface area contributed by atoms with Gasteiger partial charge in [-0.15, -0.1) is 11.8 Å². The van der Waals surface area contributed by atoms with Gasteiger partial charge in [0.2, 0.25) is 0 Å². The lowest BCUT2D eigenvalue weighted by Gasteiger charge is -2.09. The van der Waals surface area contributed by atoms with Crippen molar-refractivity contribution in [1.82, 2.24) is 4.98 Å². The highest BCUT2D eigenvalue weighted by atomic mass is 32.2. The van der Waals surface area contributed by atoms with Crippen LogP contribution in [0.15, 0.2) is 58.2 Å². The predicted octanol–water partition coefficient (Wildman–Crippen LogP) is 3.62. The highest BCUT2D eigenvalue weighted by Crippen LogP contribution is 2.29. The van der Waals surface area contributed by atoms with E-state index in [0.29, 0.717) is 10.6 Å². The molecule has 0 spiro atoms. The lowest BCUT2D eigenvalue weighted by Crippen LogP contribution is -2.19. The molecule has 5 heteroatoms. The molecule has 22 heavy (non-hydrogen) atoms. The summed E-state index contributed by atoms with van der Waals surface area (Å²) in [6, 6.07) is 15.4. The van der Waals surface area contributed by atoms with Gasteiger partial charge in [-0.05, 0) is 23.1 Å². The van der Waals surface area contributed by atoms with E-state index in [1.165, 1.54) is 11.8 Å². The summed E-state index contributed by atoms with van der Waals surface area (Å²) in [6.07, 6.45) is 1.76. The van der Waals surface area contributed by atoms with Gasteiger partial charge in [-0.1, -0.05) is 42.5 Å². The zero-order valence-electron chi connectivity index (χ0n) is 11.8. The maximum absolute atomic E-state index is 12.1. The van der Waals surface area contributed by atoms with Crippen LogP contribution < -0.4 is 5.56 Å². The number of carboxylic acid groups (broad SMARTS) is 1. The van der Waals surface area contributed by atoms with Crippen molar-refractivity contribution in [2.24, 2.45) is 0 Å². The first kappa shape index (κ1) is 14.4. The smallest absolute Gasteiger partial charge is 0.342 e. The number of aromatic nitrogens is 1. The van der Waals surface area contributed by atoms with Gasteiger partial charge in [-0.2, -0.15) is 0 Å². The number of thioether (sulfide) groups is 1. The Morgan fingerprint density at radius 3 is 2.59 bits per heavy atom. The molecule has 0 radical (unpaired) electrons. The van der Waals surface area contributed by atoms with E-state index in [1.807, 2.05) is 42.5 Å². The minimum absolute atomic E-state index is 0.212. The van der Waals surface area contributed by atoms with Gasteiger partial charge in [0.25, 0.3) is 5.56 Å². The van der Waals surface area contributed by atoms with Gasteiger partial charge >= 0.3 is 5.97 Å². The molecule has 1 heterocycles. The van der Waals surface area contributed by atoms with Crippen LogP contribution in [0.25, 0.3) is 22.0 Å². The second-order valence-electron chi connectivity index (χ2n) is 4.79. The third-order valence-corrected chi connectivity index (χ3v) is 4.27. The third kappa shape index (κ3) is 2.40. The second-order valence-corrected chi connectivity index (χ2v) is 5.64. The summed E-state index contributed by atoms with van der Waals surface area (Å²) in [6.45, 7) is 0. The topological polar surface area (TPSA) is 70.2 Å². The Labute approximate surface area is 130 Å². The number of carbonyl (C=O) groups is 1. The minimum atomic E-state index is -1.21. The molecule has 0 fully saturated rings. The van der Waals surface area contributed by atoms with Crippen LogP contribution in [-0.4, -0.2) is 22.3 Å². The highest BCUT2D eigenvalue weighted by Gasteiger charge is 2.17. The van der Waals surface area contributed by atoms with E-state index in [1.54, 1.807) is 12.3 Å². The predicted molar refractivity (Wildman–Crippen MR) is 88.7 cm³/mol. The van der Waals surface area contributed by atoms with Crippen LogP contribution in [0, 0.1) is 0 Å². The van der Waals surface area contributed by atoms with E-state index in [9.17, 15) is 14.7 Å². The highest BCUT2D eigenvalue weighted by molar-refractivity contribution is 7.98. The van der Waals surface area contributed by atoms with Crippen LogP contribution in [0.1, 0.15) is 10.4 Å². The molecule has 3 rings (SSSR count). The SMILES string of the molecule is CSc1cc(-c2cccc3ccccc23)[nH]c(=O)c1C(=O)O. The molecule has 0 atom stereocenters. The average Bonchev–Trinajstić information content (AvgIpc) is 2.53. The van der Waals surface area contributed by atoms with Crippen molar-refractivity contribution in [2.75, 3.05) is 6.26 Å². The van der Waals surface area contributed by atoms with E-state index in [-0.39, 0.29) is 5.56 Å². The van der Waals surface area contributed by atoms with Gasteiger partial charge < -0.3 is 10.1 Å². The molecule has 0 aliphatic carbocycles. The average molecular weight is 311 g/mol. The first-order chi connectivity index (χ1) is 10.6. The summed E-state index contributed by atoms with van der Waals surface area (Å²) >= 11 is 1.25. The largest absolute Gasteiger partial charge is 0.477 e. The number of carboxylic acids is 1. The number of rotatable bonds is 3. The zero-order chi connectivity index (χ0) is 15.7. The number of nitrogens with one attached hydrogen (secondary N) is 1. The first-order valence-corrected chi connectivity index (χ1v) is 7.87. The van der Waals surface area contributed by atoms with Crippen molar-refractivity contribution in [1.29, 1.82) is 0 Å². The van der Waals surface area contributed by atoms with E-state index in [2.05, 4.69) is 4.98 Å². The standard InChI is InChI=1S/C17H13NO3S/c1-22-14-9-13(18-16(19)15(14)17(20)21)12-8-4-6-10-5-2-3-7-11(10)12/h2-9H,1H3,(H,18,19)(H,20,21). The molecule has 0 aliphatic rings. The van der Waals surface area contributed by atoms with Crippen LogP contribution in [0.5, 0.6) is 0 Å². The number of hydrogen-bond donors (Lipinski definition) is 2. The van der Waals surface area contributed by atoms with Crippen LogP contribution in [0.3, 0.4) is 0 Å². The molecule has 0 saturated heterocycles. The Bertz CT molecular complexity index is 925. The summed E-state index contributed by atoms with van der Waals surface area (Å²) in [7, 11) is 0. The fraction of sp³-hybridized carbons (Fsp3) is 0.0588. The summed E-state index contributed by atoms with van der Waals surface area (Å²) in [5.41, 5.74) is 0.706. The van der Waals surface area contributed by atoms with Crippen molar-refractivity contribution in [3.8, 4) is 11.3 Å². The van der Waals surface area contributed by atoms with Gasteiger partial charge in [0, 0.05) is 10.5 Å². The summed E-state index contributed by atoms with van der Waals surface area (Å²) in [5, 5.41) is 11.3. The second kappa shape index (κ2) is 5.69. The molecular formula is C17H13NO3S. The molecule has 3 aromatic rings. The number of benzene rings is 2. The van der Waals surface area contributed by atoms with E-state index in [4.69, 9.17) is 0 Å². The Morgan fingerprint density at radius 2 is 1.86 bits per heavy atom. The lowest BCUT2D eigenvalue weighted by molar-refractivity contribution is 0.0691. The van der Waals surface area contributed by atoms with Crippen molar-refractivity contribution >= 4 is 28.5 Å². The van der Waals surface area contributed by atoms with Crippen LogP contribution in [0.4, 0.5) is 0 Å². The Kier molecular flexibility index (Phi) is 3.73. The molecular weight excluding hydrogens is 298 g/mol. The quantitative estimate of drug-likeness (QED) is 0.725. The number of aromatic amines is 1. The molecule has 1 aromatic heterocycles. The molecule has 0 unspecified atom stereocenters. The summed E-state index contributed by atoms with van der Waals surface area (Å²) in [5.74, 6) is -1.21. The van der Waals surface area contributed by atoms with Gasteiger partial charge in [0.1, 0.15) is 5.56 Å². The number of hydrogen-bond acceptors (Lipinski definition) is 3. The molecule has 2 N–H and O–H groups in total. The van der Waals surface area contributed by atoms with Gasteiger partial charge in [-0.25, -0.2) is 4.79 Å². The van der Waals surface area contributed by atoms with Crippen LogP contribution in [-0.2, 0) is 0 Å². The maximum atomic E-state index is 12.1. The van der Waals surface area contributed by atoms with Gasteiger partial charge in [-0.3, -0.25) is 4.79 Å². The third-order valence-electron chi connectivity index (χ3n) is 3.51. The number of pyridine rings is 1. The fourth-order valence-corrected chi connectivity index (χ4v) is 3.12. The van der Waals surface area contributed by atoms with E-state index < -0.39 is 11.5 Å². The van der Waals surface area contributed by atoms with Gasteiger partial charge in [0.15, 0.2) is 0 Å².